The van der Waals surface area contributed by atoms with E-state index in [2.05, 4.69) is 10.6 Å². The molecule has 2 saturated heterocycles. The van der Waals surface area contributed by atoms with Crippen molar-refractivity contribution in [1.82, 2.24) is 10.2 Å². The minimum Gasteiger partial charge on any atom is -0.490 e. The van der Waals surface area contributed by atoms with Crippen LogP contribution in [-0.4, -0.2) is 88.0 Å². The zero-order chi connectivity index (χ0) is 24.8. The van der Waals surface area contributed by atoms with Gasteiger partial charge in [-0.15, -0.1) is 0 Å². The maximum atomic E-state index is 13.4. The van der Waals surface area contributed by atoms with Crippen LogP contribution in [0.5, 0.6) is 5.75 Å². The molecule has 3 aliphatic rings. The van der Waals surface area contributed by atoms with E-state index in [0.717, 1.165) is 0 Å². The SMILES string of the molecule is COCCNC(=O)C[C@@H]1CC[C@H]2[C@H](COc3ccc(NC(=O)C4CCOCC4)cc3C(=O)N2C)O1. The Morgan fingerprint density at radius 3 is 2.74 bits per heavy atom. The minimum absolute atomic E-state index is 0.0566. The van der Waals surface area contributed by atoms with E-state index in [4.69, 9.17) is 18.9 Å². The highest BCUT2D eigenvalue weighted by Gasteiger charge is 2.39. The number of amides is 3. The van der Waals surface area contributed by atoms with Crippen LogP contribution in [0.25, 0.3) is 0 Å². The average Bonchev–Trinajstić information content (AvgIpc) is 2.87. The molecule has 192 valence electrons. The van der Waals surface area contributed by atoms with Gasteiger partial charge in [0.1, 0.15) is 18.5 Å². The highest BCUT2D eigenvalue weighted by Crippen LogP contribution is 2.32. The third-order valence-corrected chi connectivity index (χ3v) is 6.91. The molecule has 2 fully saturated rings. The first-order valence-electron chi connectivity index (χ1n) is 12.3. The number of methoxy groups -OCH3 is 1. The van der Waals surface area contributed by atoms with Crippen LogP contribution in [-0.2, 0) is 23.8 Å². The number of nitrogens with one attached hydrogen (secondary N) is 2. The fraction of sp³-hybridized carbons (Fsp3) is 0.640. The van der Waals surface area contributed by atoms with Crippen LogP contribution in [0.1, 0.15) is 42.5 Å². The standard InChI is InChI=1S/C25H35N3O7/c1-28-20-5-4-18(14-23(29)26-9-12-32-2)35-22(20)15-34-21-6-3-17(13-19(21)25(28)31)27-24(30)16-7-10-33-11-8-16/h3,6,13,16,18,20,22H,4-5,7-12,14-15H2,1-2H3,(H,26,29)(H,27,30)/t18-,20-,22-/m0/s1. The molecular formula is C25H35N3O7. The molecule has 3 heterocycles. The molecule has 0 saturated carbocycles. The lowest BCUT2D eigenvalue weighted by molar-refractivity contribution is -0.134. The van der Waals surface area contributed by atoms with Gasteiger partial charge in [0.2, 0.25) is 11.8 Å². The molecule has 3 amide bonds. The van der Waals surface area contributed by atoms with Crippen LogP contribution in [0.4, 0.5) is 5.69 Å². The molecule has 3 aliphatic heterocycles. The Labute approximate surface area is 205 Å². The molecule has 3 atom stereocenters. The van der Waals surface area contributed by atoms with Crippen LogP contribution in [0.15, 0.2) is 18.2 Å². The third-order valence-electron chi connectivity index (χ3n) is 6.91. The van der Waals surface area contributed by atoms with E-state index in [9.17, 15) is 14.4 Å². The van der Waals surface area contributed by atoms with Crippen molar-refractivity contribution in [3.8, 4) is 5.75 Å². The van der Waals surface area contributed by atoms with Crippen LogP contribution >= 0.6 is 0 Å². The molecule has 10 heteroatoms. The third kappa shape index (κ3) is 6.31. The molecular weight excluding hydrogens is 454 g/mol. The van der Waals surface area contributed by atoms with E-state index >= 15 is 0 Å². The molecule has 0 radical (unpaired) electrons. The Morgan fingerprint density at radius 1 is 1.17 bits per heavy atom. The summed E-state index contributed by atoms with van der Waals surface area (Å²) in [7, 11) is 3.36. The highest BCUT2D eigenvalue weighted by molar-refractivity contribution is 6.00. The number of nitrogens with zero attached hydrogens (tertiary/aromatic N) is 1. The minimum atomic E-state index is -0.337. The molecule has 10 nitrogen and oxygen atoms in total. The van der Waals surface area contributed by atoms with E-state index in [1.807, 2.05) is 0 Å². The van der Waals surface area contributed by atoms with Gasteiger partial charge in [-0.05, 0) is 43.9 Å². The second-order valence-electron chi connectivity index (χ2n) is 9.30. The molecule has 4 rings (SSSR count). The van der Waals surface area contributed by atoms with Crippen LogP contribution in [0.2, 0.25) is 0 Å². The summed E-state index contributed by atoms with van der Waals surface area (Å²) >= 11 is 0. The summed E-state index contributed by atoms with van der Waals surface area (Å²) in [6, 6.07) is 4.98. The number of carbonyl (C=O) groups is 3. The number of anilines is 1. The van der Waals surface area contributed by atoms with Crippen molar-refractivity contribution in [2.75, 3.05) is 52.4 Å². The normalized spacial score (nSPS) is 24.9. The quantitative estimate of drug-likeness (QED) is 0.559. The Morgan fingerprint density at radius 2 is 1.97 bits per heavy atom. The zero-order valence-electron chi connectivity index (χ0n) is 20.4. The first kappa shape index (κ1) is 25.4. The van der Waals surface area contributed by atoms with Crippen molar-refractivity contribution in [3.63, 3.8) is 0 Å². The van der Waals surface area contributed by atoms with Crippen molar-refractivity contribution in [2.45, 2.75) is 50.4 Å². The van der Waals surface area contributed by atoms with Crippen LogP contribution < -0.4 is 15.4 Å². The van der Waals surface area contributed by atoms with Crippen molar-refractivity contribution >= 4 is 23.4 Å². The topological polar surface area (TPSA) is 115 Å². The molecule has 2 N–H and O–H groups in total. The van der Waals surface area contributed by atoms with Gasteiger partial charge in [-0.3, -0.25) is 14.4 Å². The van der Waals surface area contributed by atoms with E-state index in [1.54, 1.807) is 37.3 Å². The lowest BCUT2D eigenvalue weighted by Gasteiger charge is -2.42. The second-order valence-corrected chi connectivity index (χ2v) is 9.30. The van der Waals surface area contributed by atoms with Gasteiger partial charge < -0.3 is 34.5 Å². The van der Waals surface area contributed by atoms with Gasteiger partial charge in [-0.1, -0.05) is 0 Å². The predicted molar refractivity (Wildman–Crippen MR) is 127 cm³/mol. The molecule has 1 aromatic rings. The Balaban J connectivity index is 1.40. The summed E-state index contributed by atoms with van der Waals surface area (Å²) in [5, 5.41) is 5.76. The molecule has 0 aromatic heterocycles. The number of benzene rings is 1. The van der Waals surface area contributed by atoms with E-state index in [-0.39, 0.29) is 54.9 Å². The maximum Gasteiger partial charge on any atom is 0.257 e. The summed E-state index contributed by atoms with van der Waals surface area (Å²) in [4.78, 5) is 39.9. The number of likely N-dealkylation sites (N-methyl/N-ethyl adjacent to an activating group) is 1. The summed E-state index contributed by atoms with van der Waals surface area (Å²) in [6.07, 6.45) is 2.47. The molecule has 0 bridgehead atoms. The Kier molecular flexibility index (Phi) is 8.59. The lowest BCUT2D eigenvalue weighted by Crippen LogP contribution is -2.54. The number of carbonyl (C=O) groups excluding carboxylic acids is 3. The first-order valence-corrected chi connectivity index (χ1v) is 12.3. The van der Waals surface area contributed by atoms with Gasteiger partial charge >= 0.3 is 0 Å². The Bertz CT molecular complexity index is 918. The van der Waals surface area contributed by atoms with Gasteiger partial charge in [-0.2, -0.15) is 0 Å². The first-order chi connectivity index (χ1) is 17.0. The number of rotatable bonds is 7. The van der Waals surface area contributed by atoms with E-state index in [0.29, 0.717) is 69.0 Å². The lowest BCUT2D eigenvalue weighted by atomic mass is 9.94. The van der Waals surface area contributed by atoms with Crippen molar-refractivity contribution in [1.29, 1.82) is 0 Å². The summed E-state index contributed by atoms with van der Waals surface area (Å²) in [6.45, 7) is 2.36. The number of ether oxygens (including phenoxy) is 4. The molecule has 0 aliphatic carbocycles. The fourth-order valence-electron chi connectivity index (χ4n) is 4.88. The molecule has 0 unspecified atom stereocenters. The van der Waals surface area contributed by atoms with Crippen molar-refractivity contribution in [3.05, 3.63) is 23.8 Å². The number of hydrogen-bond acceptors (Lipinski definition) is 7. The zero-order valence-corrected chi connectivity index (χ0v) is 20.4. The maximum absolute atomic E-state index is 13.4. The monoisotopic (exact) mass is 489 g/mol. The van der Waals surface area contributed by atoms with E-state index < -0.39 is 0 Å². The van der Waals surface area contributed by atoms with Gasteiger partial charge in [0.05, 0.1) is 30.7 Å². The molecule has 0 spiro atoms. The summed E-state index contributed by atoms with van der Waals surface area (Å²) in [5.41, 5.74) is 0.984. The average molecular weight is 490 g/mol. The van der Waals surface area contributed by atoms with Crippen LogP contribution in [0.3, 0.4) is 0 Å². The number of hydrogen-bond donors (Lipinski definition) is 2. The van der Waals surface area contributed by atoms with Gasteiger partial charge in [-0.25, -0.2) is 0 Å². The number of fused-ring (bicyclic) bond motifs is 2. The predicted octanol–water partition coefficient (Wildman–Crippen LogP) is 1.59. The molecule has 35 heavy (non-hydrogen) atoms. The summed E-state index contributed by atoms with van der Waals surface area (Å²) < 4.78 is 22.5. The van der Waals surface area contributed by atoms with E-state index in [1.165, 1.54) is 0 Å². The second kappa shape index (κ2) is 11.8. The smallest absolute Gasteiger partial charge is 0.257 e. The van der Waals surface area contributed by atoms with Crippen molar-refractivity contribution in [2.24, 2.45) is 5.92 Å². The molecule has 1 aromatic carbocycles. The van der Waals surface area contributed by atoms with Gasteiger partial charge in [0.25, 0.3) is 5.91 Å². The largest absolute Gasteiger partial charge is 0.490 e. The van der Waals surface area contributed by atoms with Crippen LogP contribution in [0, 0.1) is 5.92 Å². The highest BCUT2D eigenvalue weighted by atomic mass is 16.5. The Hall–Kier alpha value is -2.69. The van der Waals surface area contributed by atoms with Gasteiger partial charge in [0.15, 0.2) is 0 Å². The summed E-state index contributed by atoms with van der Waals surface area (Å²) in [5.74, 6) is 0.0420. The fourth-order valence-corrected chi connectivity index (χ4v) is 4.88. The van der Waals surface area contributed by atoms with Gasteiger partial charge in [0, 0.05) is 45.5 Å². The van der Waals surface area contributed by atoms with Crippen molar-refractivity contribution < 1.29 is 33.3 Å².